The molecule has 0 saturated heterocycles. The minimum atomic E-state index is -0.272. The number of rotatable bonds is 4. The summed E-state index contributed by atoms with van der Waals surface area (Å²) in [5.74, 6) is -0.272. The lowest BCUT2D eigenvalue weighted by atomic mass is 10.1. The van der Waals surface area contributed by atoms with E-state index in [4.69, 9.17) is 5.73 Å². The fourth-order valence-electron chi connectivity index (χ4n) is 2.53. The fourth-order valence-corrected chi connectivity index (χ4v) is 2.53. The topological polar surface area (TPSA) is 56.7 Å². The van der Waals surface area contributed by atoms with Crippen molar-refractivity contribution in [1.29, 1.82) is 0 Å². The Hall–Kier alpha value is -2.53. The van der Waals surface area contributed by atoms with Crippen molar-refractivity contribution in [3.63, 3.8) is 0 Å². The molecule has 5 heteroatoms. The second kappa shape index (κ2) is 6.07. The van der Waals surface area contributed by atoms with E-state index < -0.39 is 0 Å². The summed E-state index contributed by atoms with van der Waals surface area (Å²) in [4.78, 5) is 0. The molecule has 0 bridgehead atoms. The Morgan fingerprint density at radius 1 is 1.09 bits per heavy atom. The largest absolute Gasteiger partial charge is 0.325 e. The number of halogens is 1. The molecule has 112 valence electrons. The molecule has 1 aromatic heterocycles. The SMILES string of the molecule is CCc1ccccc1-n1nnc(CN)c1-c1ccc(F)cc1. The minimum absolute atomic E-state index is 0.272. The normalized spacial score (nSPS) is 10.9. The highest BCUT2D eigenvalue weighted by atomic mass is 19.1. The van der Waals surface area contributed by atoms with Gasteiger partial charge in [0.25, 0.3) is 0 Å². The van der Waals surface area contributed by atoms with Crippen LogP contribution in [0.5, 0.6) is 0 Å². The highest BCUT2D eigenvalue weighted by Crippen LogP contribution is 2.27. The molecular weight excluding hydrogens is 279 g/mol. The van der Waals surface area contributed by atoms with Gasteiger partial charge in [-0.05, 0) is 42.3 Å². The first-order chi connectivity index (χ1) is 10.7. The minimum Gasteiger partial charge on any atom is -0.325 e. The zero-order valence-electron chi connectivity index (χ0n) is 12.3. The molecule has 0 atom stereocenters. The van der Waals surface area contributed by atoms with E-state index >= 15 is 0 Å². The van der Waals surface area contributed by atoms with Gasteiger partial charge in [-0.15, -0.1) is 5.10 Å². The van der Waals surface area contributed by atoms with Crippen molar-refractivity contribution in [1.82, 2.24) is 15.0 Å². The summed E-state index contributed by atoms with van der Waals surface area (Å²) in [7, 11) is 0. The zero-order chi connectivity index (χ0) is 15.5. The maximum absolute atomic E-state index is 13.2. The molecule has 4 nitrogen and oxygen atoms in total. The van der Waals surface area contributed by atoms with Gasteiger partial charge in [-0.1, -0.05) is 30.3 Å². The summed E-state index contributed by atoms with van der Waals surface area (Å²) in [5, 5.41) is 8.44. The van der Waals surface area contributed by atoms with E-state index in [9.17, 15) is 4.39 Å². The van der Waals surface area contributed by atoms with Crippen LogP contribution in [0.3, 0.4) is 0 Å². The zero-order valence-corrected chi connectivity index (χ0v) is 12.3. The van der Waals surface area contributed by atoms with Crippen molar-refractivity contribution in [2.45, 2.75) is 19.9 Å². The third kappa shape index (κ3) is 2.51. The quantitative estimate of drug-likeness (QED) is 0.805. The summed E-state index contributed by atoms with van der Waals surface area (Å²) < 4.78 is 15.0. The number of nitrogens with two attached hydrogens (primary N) is 1. The molecule has 0 spiro atoms. The van der Waals surface area contributed by atoms with Crippen LogP contribution < -0.4 is 5.73 Å². The first-order valence-electron chi connectivity index (χ1n) is 7.23. The van der Waals surface area contributed by atoms with Gasteiger partial charge in [0.05, 0.1) is 11.4 Å². The number of para-hydroxylation sites is 1. The van der Waals surface area contributed by atoms with E-state index in [2.05, 4.69) is 23.3 Å². The van der Waals surface area contributed by atoms with Gasteiger partial charge in [-0.25, -0.2) is 9.07 Å². The second-order valence-corrected chi connectivity index (χ2v) is 4.99. The summed E-state index contributed by atoms with van der Waals surface area (Å²) in [6.07, 6.45) is 0.886. The summed E-state index contributed by atoms with van der Waals surface area (Å²) in [6, 6.07) is 14.3. The van der Waals surface area contributed by atoms with Gasteiger partial charge in [-0.3, -0.25) is 0 Å². The van der Waals surface area contributed by atoms with Crippen LogP contribution in [0.1, 0.15) is 18.2 Å². The van der Waals surface area contributed by atoms with Crippen molar-refractivity contribution in [3.8, 4) is 16.9 Å². The third-order valence-corrected chi connectivity index (χ3v) is 3.65. The Bertz CT molecular complexity index is 778. The van der Waals surface area contributed by atoms with Crippen LogP contribution in [-0.2, 0) is 13.0 Å². The van der Waals surface area contributed by atoms with E-state index in [0.29, 0.717) is 5.69 Å². The van der Waals surface area contributed by atoms with E-state index in [1.54, 1.807) is 16.8 Å². The monoisotopic (exact) mass is 296 g/mol. The van der Waals surface area contributed by atoms with Gasteiger partial charge in [-0.2, -0.15) is 0 Å². The average Bonchev–Trinajstić information content (AvgIpc) is 2.99. The molecule has 0 aliphatic carbocycles. The van der Waals surface area contributed by atoms with Crippen molar-refractivity contribution in [2.24, 2.45) is 5.73 Å². The second-order valence-electron chi connectivity index (χ2n) is 4.99. The first kappa shape index (κ1) is 14.4. The Morgan fingerprint density at radius 2 is 1.82 bits per heavy atom. The van der Waals surface area contributed by atoms with Crippen molar-refractivity contribution < 1.29 is 4.39 Å². The Labute approximate surface area is 128 Å². The number of aromatic nitrogens is 3. The lowest BCUT2D eigenvalue weighted by molar-refractivity contribution is 0.628. The first-order valence-corrected chi connectivity index (χ1v) is 7.23. The van der Waals surface area contributed by atoms with Crippen LogP contribution in [0.25, 0.3) is 16.9 Å². The predicted molar refractivity (Wildman–Crippen MR) is 84.0 cm³/mol. The van der Waals surface area contributed by atoms with E-state index in [1.165, 1.54) is 17.7 Å². The fraction of sp³-hybridized carbons (Fsp3) is 0.176. The average molecular weight is 296 g/mol. The molecule has 0 saturated carbocycles. The van der Waals surface area contributed by atoms with Gasteiger partial charge in [0, 0.05) is 12.1 Å². The van der Waals surface area contributed by atoms with Gasteiger partial charge in [0.2, 0.25) is 0 Å². The van der Waals surface area contributed by atoms with Gasteiger partial charge in [0.1, 0.15) is 11.5 Å². The number of nitrogens with zero attached hydrogens (tertiary/aromatic N) is 3. The molecule has 0 aliphatic heterocycles. The number of hydrogen-bond donors (Lipinski definition) is 1. The van der Waals surface area contributed by atoms with Crippen LogP contribution in [0, 0.1) is 5.82 Å². The van der Waals surface area contributed by atoms with E-state index in [-0.39, 0.29) is 12.4 Å². The maximum Gasteiger partial charge on any atom is 0.123 e. The van der Waals surface area contributed by atoms with E-state index in [0.717, 1.165) is 23.4 Å². The lowest BCUT2D eigenvalue weighted by Gasteiger charge is -2.11. The standard InChI is InChI=1S/C17H17FN4/c1-2-12-5-3-4-6-16(12)22-17(15(11-19)20-21-22)13-7-9-14(18)10-8-13/h3-10H,2,11,19H2,1H3. The Morgan fingerprint density at radius 3 is 2.50 bits per heavy atom. The molecule has 0 amide bonds. The van der Waals surface area contributed by atoms with Crippen molar-refractivity contribution in [2.75, 3.05) is 0 Å². The summed E-state index contributed by atoms with van der Waals surface area (Å²) in [5.41, 5.74) is 10.3. The van der Waals surface area contributed by atoms with Crippen LogP contribution in [0.4, 0.5) is 4.39 Å². The highest BCUT2D eigenvalue weighted by Gasteiger charge is 2.16. The van der Waals surface area contributed by atoms with Gasteiger partial charge < -0.3 is 5.73 Å². The summed E-state index contributed by atoms with van der Waals surface area (Å²) >= 11 is 0. The highest BCUT2D eigenvalue weighted by molar-refractivity contribution is 5.65. The van der Waals surface area contributed by atoms with Crippen LogP contribution >= 0.6 is 0 Å². The number of hydrogen-bond acceptors (Lipinski definition) is 3. The summed E-state index contributed by atoms with van der Waals surface area (Å²) in [6.45, 7) is 2.37. The van der Waals surface area contributed by atoms with Crippen molar-refractivity contribution in [3.05, 3.63) is 65.6 Å². The van der Waals surface area contributed by atoms with Crippen LogP contribution in [0.2, 0.25) is 0 Å². The molecule has 3 aromatic rings. The smallest absolute Gasteiger partial charge is 0.123 e. The molecule has 1 heterocycles. The van der Waals surface area contributed by atoms with Crippen molar-refractivity contribution >= 4 is 0 Å². The Kier molecular flexibility index (Phi) is 3.98. The van der Waals surface area contributed by atoms with Gasteiger partial charge >= 0.3 is 0 Å². The molecule has 3 rings (SSSR count). The number of benzene rings is 2. The molecule has 0 aliphatic rings. The molecule has 0 radical (unpaired) electrons. The molecule has 0 unspecified atom stereocenters. The molecule has 22 heavy (non-hydrogen) atoms. The number of aryl methyl sites for hydroxylation is 1. The van der Waals surface area contributed by atoms with E-state index in [1.807, 2.05) is 18.2 Å². The predicted octanol–water partition coefficient (Wildman–Crippen LogP) is 3.09. The third-order valence-electron chi connectivity index (χ3n) is 3.65. The molecular formula is C17H17FN4. The Balaban J connectivity index is 2.21. The van der Waals surface area contributed by atoms with Crippen LogP contribution in [0.15, 0.2) is 48.5 Å². The molecule has 0 fully saturated rings. The van der Waals surface area contributed by atoms with Gasteiger partial charge in [0.15, 0.2) is 0 Å². The molecule has 2 N–H and O–H groups in total. The maximum atomic E-state index is 13.2. The lowest BCUT2D eigenvalue weighted by Crippen LogP contribution is -2.05. The van der Waals surface area contributed by atoms with Crippen LogP contribution in [-0.4, -0.2) is 15.0 Å². The molecule has 2 aromatic carbocycles.